The Bertz CT molecular complexity index is 124. The molecule has 0 aromatic heterocycles. The maximum Gasteiger partial charge on any atom is 0.285 e. The topological polar surface area (TPSA) is 21.3 Å². The number of alkyl halides is 2. The van der Waals surface area contributed by atoms with Gasteiger partial charge in [-0.05, 0) is 19.9 Å². The Balaban J connectivity index is 2.41. The van der Waals surface area contributed by atoms with Crippen molar-refractivity contribution in [3.63, 3.8) is 0 Å². The lowest BCUT2D eigenvalue weighted by atomic mass is 10.1. The summed E-state index contributed by atoms with van der Waals surface area (Å²) in [5, 5.41) is 2.45. The predicted molar refractivity (Wildman–Crippen MR) is 37.8 cm³/mol. The number of hydrogen-bond donors (Lipinski definition) is 1. The van der Waals surface area contributed by atoms with E-state index in [4.69, 9.17) is 4.74 Å². The zero-order chi connectivity index (χ0) is 8.32. The maximum absolute atomic E-state index is 12.9. The standard InChI is InChI=1S/C7H13F2NO/c1-10-5-7(8,9)6-3-2-4-11-6/h6,10H,2-5H2,1H3. The van der Waals surface area contributed by atoms with Gasteiger partial charge in [-0.3, -0.25) is 0 Å². The van der Waals surface area contributed by atoms with Crippen molar-refractivity contribution in [2.45, 2.75) is 24.9 Å². The SMILES string of the molecule is CNCC(F)(F)C1CCCO1. The minimum Gasteiger partial charge on any atom is -0.372 e. The number of rotatable bonds is 3. The molecule has 0 aliphatic carbocycles. The van der Waals surface area contributed by atoms with Gasteiger partial charge in [0.1, 0.15) is 6.10 Å². The van der Waals surface area contributed by atoms with Crippen molar-refractivity contribution in [3.05, 3.63) is 0 Å². The van der Waals surface area contributed by atoms with E-state index < -0.39 is 12.0 Å². The second-order valence-corrected chi connectivity index (χ2v) is 2.79. The van der Waals surface area contributed by atoms with Gasteiger partial charge >= 0.3 is 0 Å². The van der Waals surface area contributed by atoms with E-state index in [1.54, 1.807) is 0 Å². The summed E-state index contributed by atoms with van der Waals surface area (Å²) in [5.74, 6) is -2.70. The van der Waals surface area contributed by atoms with Gasteiger partial charge in [-0.2, -0.15) is 0 Å². The van der Waals surface area contributed by atoms with Crippen molar-refractivity contribution in [3.8, 4) is 0 Å². The van der Waals surface area contributed by atoms with Crippen LogP contribution in [0.3, 0.4) is 0 Å². The zero-order valence-electron chi connectivity index (χ0n) is 6.57. The first-order valence-electron chi connectivity index (χ1n) is 3.81. The van der Waals surface area contributed by atoms with Crippen LogP contribution in [0.2, 0.25) is 0 Å². The molecule has 4 heteroatoms. The first kappa shape index (κ1) is 8.87. The summed E-state index contributed by atoms with van der Waals surface area (Å²) < 4.78 is 30.8. The third-order valence-electron chi connectivity index (χ3n) is 1.81. The highest BCUT2D eigenvalue weighted by atomic mass is 19.3. The fourth-order valence-electron chi connectivity index (χ4n) is 1.26. The van der Waals surface area contributed by atoms with Crippen molar-refractivity contribution in [1.82, 2.24) is 5.32 Å². The molecule has 11 heavy (non-hydrogen) atoms. The average molecular weight is 165 g/mol. The van der Waals surface area contributed by atoms with Gasteiger partial charge in [0, 0.05) is 6.61 Å². The summed E-state index contributed by atoms with van der Waals surface area (Å²) in [6.45, 7) is 0.182. The van der Waals surface area contributed by atoms with E-state index in [-0.39, 0.29) is 6.54 Å². The van der Waals surface area contributed by atoms with Gasteiger partial charge in [0.25, 0.3) is 5.92 Å². The van der Waals surface area contributed by atoms with Crippen molar-refractivity contribution >= 4 is 0 Å². The quantitative estimate of drug-likeness (QED) is 0.674. The Morgan fingerprint density at radius 1 is 1.64 bits per heavy atom. The molecular weight excluding hydrogens is 152 g/mol. The molecule has 0 bridgehead atoms. The van der Waals surface area contributed by atoms with Crippen LogP contribution in [0.5, 0.6) is 0 Å². The summed E-state index contributed by atoms with van der Waals surface area (Å²) in [6, 6.07) is 0. The minimum atomic E-state index is -2.70. The fraction of sp³-hybridized carbons (Fsp3) is 1.00. The molecule has 1 fully saturated rings. The molecule has 1 unspecified atom stereocenters. The molecule has 1 N–H and O–H groups in total. The molecular formula is C7H13F2NO. The number of hydrogen-bond acceptors (Lipinski definition) is 2. The highest BCUT2D eigenvalue weighted by Crippen LogP contribution is 2.28. The van der Waals surface area contributed by atoms with E-state index in [9.17, 15) is 8.78 Å². The Hall–Kier alpha value is -0.220. The van der Waals surface area contributed by atoms with Crippen LogP contribution in [-0.2, 0) is 4.74 Å². The Kier molecular flexibility index (Phi) is 2.78. The van der Waals surface area contributed by atoms with Crippen molar-refractivity contribution < 1.29 is 13.5 Å². The van der Waals surface area contributed by atoms with Gasteiger partial charge in [-0.15, -0.1) is 0 Å². The molecule has 2 nitrogen and oxygen atoms in total. The number of halogens is 2. The average Bonchev–Trinajstić information content (AvgIpc) is 2.37. The van der Waals surface area contributed by atoms with E-state index in [2.05, 4.69) is 5.32 Å². The Labute approximate surface area is 64.9 Å². The maximum atomic E-state index is 12.9. The number of nitrogens with one attached hydrogen (secondary N) is 1. The smallest absolute Gasteiger partial charge is 0.285 e. The summed E-state index contributed by atoms with van der Waals surface area (Å²) in [6.07, 6.45) is 0.369. The van der Waals surface area contributed by atoms with Gasteiger partial charge < -0.3 is 10.1 Å². The second-order valence-electron chi connectivity index (χ2n) is 2.79. The van der Waals surface area contributed by atoms with Gasteiger partial charge in [0.2, 0.25) is 0 Å². The molecule has 0 spiro atoms. The van der Waals surface area contributed by atoms with Crippen LogP contribution in [0.15, 0.2) is 0 Å². The van der Waals surface area contributed by atoms with Gasteiger partial charge in [0.15, 0.2) is 0 Å². The lowest BCUT2D eigenvalue weighted by Crippen LogP contribution is -2.41. The molecule has 0 saturated carbocycles. The molecule has 0 amide bonds. The molecule has 0 aromatic rings. The lowest BCUT2D eigenvalue weighted by Gasteiger charge is -2.21. The van der Waals surface area contributed by atoms with Crippen LogP contribution in [-0.4, -0.2) is 32.2 Å². The van der Waals surface area contributed by atoms with Crippen LogP contribution in [0, 0.1) is 0 Å². The van der Waals surface area contributed by atoms with E-state index >= 15 is 0 Å². The second kappa shape index (κ2) is 3.45. The van der Waals surface area contributed by atoms with Crippen molar-refractivity contribution in [2.24, 2.45) is 0 Å². The summed E-state index contributed by atoms with van der Waals surface area (Å²) in [7, 11) is 1.52. The molecule has 1 heterocycles. The molecule has 1 saturated heterocycles. The third-order valence-corrected chi connectivity index (χ3v) is 1.81. The van der Waals surface area contributed by atoms with Crippen molar-refractivity contribution in [1.29, 1.82) is 0 Å². The third kappa shape index (κ3) is 2.10. The van der Waals surface area contributed by atoms with Gasteiger partial charge in [0.05, 0.1) is 6.54 Å². The highest BCUT2D eigenvalue weighted by Gasteiger charge is 2.41. The Morgan fingerprint density at radius 3 is 2.82 bits per heavy atom. The molecule has 0 radical (unpaired) electrons. The van der Waals surface area contributed by atoms with E-state index in [1.165, 1.54) is 7.05 Å². The molecule has 0 aromatic carbocycles. The van der Waals surface area contributed by atoms with Gasteiger partial charge in [-0.25, -0.2) is 8.78 Å². The van der Waals surface area contributed by atoms with Crippen molar-refractivity contribution in [2.75, 3.05) is 20.2 Å². The molecule has 1 aliphatic heterocycles. The van der Waals surface area contributed by atoms with E-state index in [1.807, 2.05) is 0 Å². The first-order valence-corrected chi connectivity index (χ1v) is 3.81. The zero-order valence-corrected chi connectivity index (χ0v) is 6.57. The fourth-order valence-corrected chi connectivity index (χ4v) is 1.26. The van der Waals surface area contributed by atoms with Crippen LogP contribution in [0.25, 0.3) is 0 Å². The Morgan fingerprint density at radius 2 is 2.36 bits per heavy atom. The van der Waals surface area contributed by atoms with Crippen LogP contribution < -0.4 is 5.32 Å². The van der Waals surface area contributed by atoms with Crippen LogP contribution >= 0.6 is 0 Å². The first-order chi connectivity index (χ1) is 5.17. The highest BCUT2D eigenvalue weighted by molar-refractivity contribution is 4.82. The molecule has 1 rings (SSSR count). The molecule has 66 valence electrons. The van der Waals surface area contributed by atoms with Crippen LogP contribution in [0.1, 0.15) is 12.8 Å². The predicted octanol–water partition coefficient (Wildman–Crippen LogP) is 1.02. The van der Waals surface area contributed by atoms with E-state index in [0.717, 1.165) is 6.42 Å². The number of ether oxygens (including phenoxy) is 1. The summed E-state index contributed by atoms with van der Waals surface area (Å²) >= 11 is 0. The van der Waals surface area contributed by atoms with E-state index in [0.29, 0.717) is 13.0 Å². The normalized spacial score (nSPS) is 25.9. The van der Waals surface area contributed by atoms with Gasteiger partial charge in [-0.1, -0.05) is 0 Å². The molecule has 1 aliphatic rings. The summed E-state index contributed by atoms with van der Waals surface area (Å²) in [4.78, 5) is 0. The molecule has 1 atom stereocenters. The monoisotopic (exact) mass is 165 g/mol. The minimum absolute atomic E-state index is 0.294. The van der Waals surface area contributed by atoms with Crippen LogP contribution in [0.4, 0.5) is 8.78 Å². The lowest BCUT2D eigenvalue weighted by molar-refractivity contribution is -0.112. The largest absolute Gasteiger partial charge is 0.372 e. The summed E-state index contributed by atoms with van der Waals surface area (Å²) in [5.41, 5.74) is 0.